The quantitative estimate of drug-likeness (QED) is 0.488. The lowest BCUT2D eigenvalue weighted by Gasteiger charge is -2.03. The first kappa shape index (κ1) is 11.7. The molecule has 3 aromatic carbocycles. The highest BCUT2D eigenvalue weighted by Gasteiger charge is 2.08. The van der Waals surface area contributed by atoms with Gasteiger partial charge in [0, 0.05) is 5.56 Å². The molecule has 98 valence electrons. The zero-order chi connectivity index (χ0) is 14.2. The van der Waals surface area contributed by atoms with Crippen LogP contribution in [0.1, 0.15) is 0 Å². The van der Waals surface area contributed by atoms with E-state index in [9.17, 15) is 0 Å². The van der Waals surface area contributed by atoms with Crippen molar-refractivity contribution in [2.45, 2.75) is 0 Å². The minimum absolute atomic E-state index is 0.621. The zero-order valence-corrected chi connectivity index (χ0v) is 11.2. The topological polar surface area (TPSA) is 33.0 Å². The molecule has 0 atom stereocenters. The monoisotopic (exact) mass is 269 g/mol. The van der Waals surface area contributed by atoms with Crippen molar-refractivity contribution >= 4 is 27.5 Å². The summed E-state index contributed by atoms with van der Waals surface area (Å²) in [6.07, 6.45) is 0. The van der Waals surface area contributed by atoms with Crippen LogP contribution in [0.15, 0.2) is 60.7 Å². The van der Waals surface area contributed by atoms with Crippen molar-refractivity contribution in [2.75, 3.05) is 0 Å². The summed E-state index contributed by atoms with van der Waals surface area (Å²) in [5.41, 5.74) is 3.47. The third kappa shape index (κ3) is 1.86. The van der Waals surface area contributed by atoms with Crippen LogP contribution in [0.25, 0.3) is 38.0 Å². The van der Waals surface area contributed by atoms with E-state index < -0.39 is 0 Å². The highest BCUT2D eigenvalue weighted by atomic mass is 14.9. The van der Waals surface area contributed by atoms with Crippen molar-refractivity contribution in [1.82, 2.24) is 9.97 Å². The fourth-order valence-corrected chi connectivity index (χ4v) is 2.63. The highest BCUT2D eigenvalue weighted by molar-refractivity contribution is 5.96. The molecule has 1 heterocycles. The molecule has 0 fully saturated rings. The van der Waals surface area contributed by atoms with E-state index in [0.29, 0.717) is 5.69 Å². The van der Waals surface area contributed by atoms with Crippen LogP contribution in [-0.4, -0.2) is 9.97 Å². The molecule has 0 unspecified atom stereocenters. The van der Waals surface area contributed by atoms with E-state index in [1.807, 2.05) is 30.3 Å². The lowest BCUT2D eigenvalue weighted by Crippen LogP contribution is -1.82. The van der Waals surface area contributed by atoms with Gasteiger partial charge in [-0.25, -0.2) is 9.83 Å². The van der Waals surface area contributed by atoms with Gasteiger partial charge in [0.05, 0.1) is 17.6 Å². The largest absolute Gasteiger partial charge is 0.339 e. The average molecular weight is 269 g/mol. The molecule has 1 aromatic heterocycles. The first-order valence-corrected chi connectivity index (χ1v) is 6.70. The molecule has 21 heavy (non-hydrogen) atoms. The van der Waals surface area contributed by atoms with Gasteiger partial charge in [-0.15, -0.1) is 0 Å². The lowest BCUT2D eigenvalue weighted by atomic mass is 10.0. The third-order valence-electron chi connectivity index (χ3n) is 3.64. The Bertz CT molecular complexity index is 1000. The molecule has 3 heteroatoms. The molecular weight excluding hydrogens is 258 g/mol. The van der Waals surface area contributed by atoms with Crippen molar-refractivity contribution in [2.24, 2.45) is 0 Å². The number of imidazole rings is 1. The average Bonchev–Trinajstić information content (AvgIpc) is 2.97. The molecule has 4 aromatic rings. The minimum Gasteiger partial charge on any atom is -0.339 e. The number of H-pyrrole nitrogens is 1. The third-order valence-corrected chi connectivity index (χ3v) is 3.64. The predicted octanol–water partition coefficient (Wildman–Crippen LogP) is 4.93. The van der Waals surface area contributed by atoms with E-state index in [-0.39, 0.29) is 0 Å². The number of rotatable bonds is 1. The summed E-state index contributed by atoms with van der Waals surface area (Å²) >= 11 is 0. The maximum Gasteiger partial charge on any atom is 0.189 e. The van der Waals surface area contributed by atoms with Crippen molar-refractivity contribution in [3.63, 3.8) is 0 Å². The number of nitrogens with one attached hydrogen (secondary N) is 1. The molecule has 0 saturated carbocycles. The van der Waals surface area contributed by atoms with Gasteiger partial charge in [0.1, 0.15) is 5.82 Å². The Balaban J connectivity index is 1.98. The number of fused-ring (bicyclic) bond motifs is 2. The maximum atomic E-state index is 7.09. The first-order valence-electron chi connectivity index (χ1n) is 6.70. The number of hydrogen-bond donors (Lipinski definition) is 1. The predicted molar refractivity (Wildman–Crippen MR) is 85.3 cm³/mol. The fraction of sp³-hybridized carbons (Fsp3) is 0. The molecule has 0 spiro atoms. The Morgan fingerprint density at radius 1 is 0.952 bits per heavy atom. The molecule has 0 aliphatic carbocycles. The van der Waals surface area contributed by atoms with Crippen molar-refractivity contribution < 1.29 is 0 Å². The van der Waals surface area contributed by atoms with E-state index in [0.717, 1.165) is 22.4 Å². The smallest absolute Gasteiger partial charge is 0.189 e. The molecule has 0 saturated heterocycles. The summed E-state index contributed by atoms with van der Waals surface area (Å²) in [4.78, 5) is 11.4. The highest BCUT2D eigenvalue weighted by Crippen LogP contribution is 2.29. The Kier molecular flexibility index (Phi) is 2.48. The van der Waals surface area contributed by atoms with Gasteiger partial charge in [-0.05, 0) is 22.9 Å². The van der Waals surface area contributed by atoms with Gasteiger partial charge in [-0.2, -0.15) is 0 Å². The standard InChI is InChI=1S/C18H11N3/c1-19-13-9-10-16-17(11-13)21-18(20-16)15-8-4-6-12-5-2-3-7-14(12)15/h2-11H,(H,20,21). The van der Waals surface area contributed by atoms with Crippen molar-refractivity contribution in [1.29, 1.82) is 0 Å². The summed E-state index contributed by atoms with van der Waals surface area (Å²) < 4.78 is 0. The van der Waals surface area contributed by atoms with E-state index in [1.165, 1.54) is 10.8 Å². The molecule has 0 amide bonds. The Hall–Kier alpha value is -3.12. The van der Waals surface area contributed by atoms with Gasteiger partial charge in [0.15, 0.2) is 5.69 Å². The van der Waals surface area contributed by atoms with E-state index in [2.05, 4.69) is 39.1 Å². The van der Waals surface area contributed by atoms with Crippen LogP contribution in [-0.2, 0) is 0 Å². The van der Waals surface area contributed by atoms with E-state index in [1.54, 1.807) is 6.07 Å². The van der Waals surface area contributed by atoms with Gasteiger partial charge < -0.3 is 4.98 Å². The summed E-state index contributed by atoms with van der Waals surface area (Å²) in [6, 6.07) is 20.0. The summed E-state index contributed by atoms with van der Waals surface area (Å²) in [5.74, 6) is 0.837. The van der Waals surface area contributed by atoms with Crippen LogP contribution in [0.5, 0.6) is 0 Å². The molecular formula is C18H11N3. The Morgan fingerprint density at radius 3 is 2.71 bits per heavy atom. The first-order chi connectivity index (χ1) is 10.3. The lowest BCUT2D eigenvalue weighted by molar-refractivity contribution is 1.35. The van der Waals surface area contributed by atoms with E-state index in [4.69, 9.17) is 6.57 Å². The molecule has 0 aliphatic rings. The second-order valence-electron chi connectivity index (χ2n) is 4.93. The SMILES string of the molecule is [C-]#[N+]c1ccc2nc(-c3cccc4ccccc34)[nH]c2c1. The molecule has 0 bridgehead atoms. The molecule has 0 aliphatic heterocycles. The normalized spacial score (nSPS) is 10.8. The molecule has 0 radical (unpaired) electrons. The van der Waals surface area contributed by atoms with E-state index >= 15 is 0 Å². The van der Waals surface area contributed by atoms with Crippen molar-refractivity contribution in [3.8, 4) is 11.4 Å². The van der Waals surface area contributed by atoms with Crippen LogP contribution in [0.4, 0.5) is 5.69 Å². The van der Waals surface area contributed by atoms with Crippen LogP contribution < -0.4 is 0 Å². The van der Waals surface area contributed by atoms with Crippen molar-refractivity contribution in [3.05, 3.63) is 72.1 Å². The number of aromatic amines is 1. The maximum absolute atomic E-state index is 7.09. The van der Waals surface area contributed by atoms with Crippen LogP contribution in [0.2, 0.25) is 0 Å². The second-order valence-corrected chi connectivity index (χ2v) is 4.93. The Labute approximate surface area is 121 Å². The van der Waals surface area contributed by atoms with Crippen LogP contribution in [0.3, 0.4) is 0 Å². The van der Waals surface area contributed by atoms with Gasteiger partial charge >= 0.3 is 0 Å². The Morgan fingerprint density at radius 2 is 1.81 bits per heavy atom. The van der Waals surface area contributed by atoms with Crippen LogP contribution in [0, 0.1) is 6.57 Å². The molecule has 1 N–H and O–H groups in total. The summed E-state index contributed by atoms with van der Waals surface area (Å²) in [6.45, 7) is 7.09. The van der Waals surface area contributed by atoms with Gasteiger partial charge in [0.2, 0.25) is 0 Å². The van der Waals surface area contributed by atoms with Crippen LogP contribution >= 0.6 is 0 Å². The second kappa shape index (κ2) is 4.46. The van der Waals surface area contributed by atoms with Gasteiger partial charge in [-0.1, -0.05) is 48.5 Å². The number of benzene rings is 3. The fourth-order valence-electron chi connectivity index (χ4n) is 2.63. The number of aromatic nitrogens is 2. The minimum atomic E-state index is 0.621. The van der Waals surface area contributed by atoms with Gasteiger partial charge in [-0.3, -0.25) is 0 Å². The summed E-state index contributed by atoms with van der Waals surface area (Å²) in [5, 5.41) is 2.36. The molecule has 3 nitrogen and oxygen atoms in total. The number of nitrogens with zero attached hydrogens (tertiary/aromatic N) is 2. The number of hydrogen-bond acceptors (Lipinski definition) is 1. The molecule has 4 rings (SSSR count). The van der Waals surface area contributed by atoms with Gasteiger partial charge in [0.25, 0.3) is 0 Å². The zero-order valence-electron chi connectivity index (χ0n) is 11.2. The summed E-state index contributed by atoms with van der Waals surface area (Å²) in [7, 11) is 0.